The molecule has 0 bridgehead atoms. The van der Waals surface area contributed by atoms with E-state index in [4.69, 9.17) is 0 Å². The number of nitrogens with zero attached hydrogens (tertiary/aromatic N) is 2. The summed E-state index contributed by atoms with van der Waals surface area (Å²) in [6.45, 7) is 6.49. The third-order valence-electron chi connectivity index (χ3n) is 3.24. The van der Waals surface area contributed by atoms with Crippen molar-refractivity contribution in [1.29, 1.82) is 0 Å². The molecule has 1 N–H and O–H groups in total. The van der Waals surface area contributed by atoms with Crippen molar-refractivity contribution >= 4 is 0 Å². The van der Waals surface area contributed by atoms with Gasteiger partial charge < -0.3 is 5.32 Å². The Morgan fingerprint density at radius 2 is 2.19 bits per heavy atom. The van der Waals surface area contributed by atoms with Crippen LogP contribution in [0.3, 0.4) is 0 Å². The second-order valence-corrected chi connectivity index (χ2v) is 5.29. The van der Waals surface area contributed by atoms with E-state index in [1.165, 1.54) is 31.2 Å². The molecule has 1 saturated carbocycles. The van der Waals surface area contributed by atoms with E-state index in [0.717, 1.165) is 13.1 Å². The van der Waals surface area contributed by atoms with E-state index < -0.39 is 0 Å². The van der Waals surface area contributed by atoms with E-state index in [1.807, 2.05) is 6.20 Å². The first-order valence-electron chi connectivity index (χ1n) is 6.49. The first-order valence-corrected chi connectivity index (χ1v) is 6.49. The minimum atomic E-state index is 0.666. The van der Waals surface area contributed by atoms with Gasteiger partial charge in [-0.3, -0.25) is 4.68 Å². The Bertz CT molecular complexity index is 311. The van der Waals surface area contributed by atoms with Gasteiger partial charge in [0, 0.05) is 18.3 Å². The van der Waals surface area contributed by atoms with Crippen molar-refractivity contribution < 1.29 is 0 Å². The van der Waals surface area contributed by atoms with Crippen molar-refractivity contribution in [2.75, 3.05) is 6.54 Å². The van der Waals surface area contributed by atoms with Gasteiger partial charge in [-0.1, -0.05) is 26.7 Å². The van der Waals surface area contributed by atoms with Crippen LogP contribution in [0.4, 0.5) is 0 Å². The number of hydrogen-bond donors (Lipinski definition) is 1. The van der Waals surface area contributed by atoms with Crippen LogP contribution in [-0.4, -0.2) is 16.3 Å². The molecule has 1 fully saturated rings. The Morgan fingerprint density at radius 1 is 1.44 bits per heavy atom. The second kappa shape index (κ2) is 5.48. The summed E-state index contributed by atoms with van der Waals surface area (Å²) in [5, 5.41) is 7.92. The molecule has 0 radical (unpaired) electrons. The Hall–Kier alpha value is -0.830. The van der Waals surface area contributed by atoms with E-state index in [0.29, 0.717) is 12.0 Å². The third-order valence-corrected chi connectivity index (χ3v) is 3.24. The molecule has 0 saturated heterocycles. The number of aromatic nitrogens is 2. The lowest BCUT2D eigenvalue weighted by Gasteiger charge is -2.08. The van der Waals surface area contributed by atoms with Crippen LogP contribution < -0.4 is 5.32 Å². The van der Waals surface area contributed by atoms with Gasteiger partial charge in [-0.2, -0.15) is 5.10 Å². The topological polar surface area (TPSA) is 29.9 Å². The number of nitrogens with one attached hydrogen (secondary N) is 1. The molecular formula is C13H23N3. The normalized spacial score (nSPS) is 17.4. The van der Waals surface area contributed by atoms with Crippen LogP contribution in [0, 0.1) is 5.92 Å². The van der Waals surface area contributed by atoms with Gasteiger partial charge in [-0.15, -0.1) is 0 Å². The van der Waals surface area contributed by atoms with Gasteiger partial charge in [0.25, 0.3) is 0 Å². The van der Waals surface area contributed by atoms with Crippen LogP contribution in [0.25, 0.3) is 0 Å². The number of rotatable bonds is 5. The Morgan fingerprint density at radius 3 is 2.88 bits per heavy atom. The van der Waals surface area contributed by atoms with Crippen LogP contribution in [0.1, 0.15) is 51.1 Å². The Labute approximate surface area is 98.2 Å². The minimum Gasteiger partial charge on any atom is -0.312 e. The lowest BCUT2D eigenvalue weighted by atomic mass is 10.2. The van der Waals surface area contributed by atoms with E-state index in [2.05, 4.69) is 35.1 Å². The fourth-order valence-electron chi connectivity index (χ4n) is 2.34. The molecular weight excluding hydrogens is 198 g/mol. The molecule has 2 rings (SSSR count). The van der Waals surface area contributed by atoms with Gasteiger partial charge in [-0.25, -0.2) is 0 Å². The highest BCUT2D eigenvalue weighted by atomic mass is 15.3. The van der Waals surface area contributed by atoms with Gasteiger partial charge >= 0.3 is 0 Å². The van der Waals surface area contributed by atoms with E-state index in [1.54, 1.807) is 0 Å². The standard InChI is InChI=1S/C13H23N3/c1-11(2)7-14-8-12-9-15-16(10-12)13-5-3-4-6-13/h9-11,13-14H,3-8H2,1-2H3. The highest BCUT2D eigenvalue weighted by molar-refractivity contribution is 5.04. The fraction of sp³-hybridized carbons (Fsp3) is 0.769. The van der Waals surface area contributed by atoms with Crippen LogP contribution in [0.5, 0.6) is 0 Å². The second-order valence-electron chi connectivity index (χ2n) is 5.29. The molecule has 1 aliphatic carbocycles. The van der Waals surface area contributed by atoms with E-state index in [-0.39, 0.29) is 0 Å². The first-order chi connectivity index (χ1) is 7.75. The third kappa shape index (κ3) is 3.08. The summed E-state index contributed by atoms with van der Waals surface area (Å²) in [4.78, 5) is 0. The molecule has 0 spiro atoms. The highest BCUT2D eigenvalue weighted by Gasteiger charge is 2.17. The van der Waals surface area contributed by atoms with E-state index in [9.17, 15) is 0 Å². The maximum Gasteiger partial charge on any atom is 0.0534 e. The lowest BCUT2D eigenvalue weighted by Crippen LogP contribution is -2.18. The molecule has 16 heavy (non-hydrogen) atoms. The average Bonchev–Trinajstić information content (AvgIpc) is 2.85. The van der Waals surface area contributed by atoms with Crippen molar-refractivity contribution in [2.45, 2.75) is 52.1 Å². The van der Waals surface area contributed by atoms with Crippen molar-refractivity contribution in [1.82, 2.24) is 15.1 Å². The Kier molecular flexibility index (Phi) is 3.99. The minimum absolute atomic E-state index is 0.666. The summed E-state index contributed by atoms with van der Waals surface area (Å²) in [6, 6.07) is 0.666. The quantitative estimate of drug-likeness (QED) is 0.828. The maximum absolute atomic E-state index is 4.47. The lowest BCUT2D eigenvalue weighted by molar-refractivity contribution is 0.466. The predicted molar refractivity (Wildman–Crippen MR) is 66.3 cm³/mol. The fourth-order valence-corrected chi connectivity index (χ4v) is 2.34. The van der Waals surface area contributed by atoms with Gasteiger partial charge in [-0.05, 0) is 25.3 Å². The molecule has 1 aromatic heterocycles. The van der Waals surface area contributed by atoms with Crippen LogP contribution in [0.2, 0.25) is 0 Å². The zero-order valence-electron chi connectivity index (χ0n) is 10.4. The highest BCUT2D eigenvalue weighted by Crippen LogP contribution is 2.28. The molecule has 0 amide bonds. The summed E-state index contributed by atoms with van der Waals surface area (Å²) in [7, 11) is 0. The van der Waals surface area contributed by atoms with Gasteiger partial charge in [0.05, 0.1) is 12.2 Å². The largest absolute Gasteiger partial charge is 0.312 e. The molecule has 3 nitrogen and oxygen atoms in total. The van der Waals surface area contributed by atoms with Gasteiger partial charge in [0.15, 0.2) is 0 Å². The van der Waals surface area contributed by atoms with Crippen molar-refractivity contribution in [3.8, 4) is 0 Å². The molecule has 3 heteroatoms. The monoisotopic (exact) mass is 221 g/mol. The van der Waals surface area contributed by atoms with Crippen molar-refractivity contribution in [3.63, 3.8) is 0 Å². The summed E-state index contributed by atoms with van der Waals surface area (Å²) in [5.41, 5.74) is 1.31. The van der Waals surface area contributed by atoms with E-state index >= 15 is 0 Å². The summed E-state index contributed by atoms with van der Waals surface area (Å²) in [6.07, 6.45) is 9.56. The van der Waals surface area contributed by atoms with Crippen LogP contribution in [0.15, 0.2) is 12.4 Å². The molecule has 1 aromatic rings. The molecule has 0 unspecified atom stereocenters. The number of hydrogen-bond acceptors (Lipinski definition) is 2. The van der Waals surface area contributed by atoms with Crippen LogP contribution >= 0.6 is 0 Å². The van der Waals surface area contributed by atoms with Crippen molar-refractivity contribution in [3.05, 3.63) is 18.0 Å². The zero-order valence-corrected chi connectivity index (χ0v) is 10.4. The Balaban J connectivity index is 1.82. The smallest absolute Gasteiger partial charge is 0.0534 e. The van der Waals surface area contributed by atoms with Crippen molar-refractivity contribution in [2.24, 2.45) is 5.92 Å². The van der Waals surface area contributed by atoms with Crippen LogP contribution in [-0.2, 0) is 6.54 Å². The molecule has 1 heterocycles. The summed E-state index contributed by atoms with van der Waals surface area (Å²) >= 11 is 0. The summed E-state index contributed by atoms with van der Waals surface area (Å²) in [5.74, 6) is 0.713. The predicted octanol–water partition coefficient (Wildman–Crippen LogP) is 2.74. The first kappa shape index (κ1) is 11.6. The zero-order chi connectivity index (χ0) is 11.4. The molecule has 0 aliphatic heterocycles. The SMILES string of the molecule is CC(C)CNCc1cnn(C2CCCC2)c1. The summed E-state index contributed by atoms with van der Waals surface area (Å²) < 4.78 is 2.17. The van der Waals surface area contributed by atoms with Gasteiger partial charge in [0.2, 0.25) is 0 Å². The molecule has 0 atom stereocenters. The molecule has 90 valence electrons. The maximum atomic E-state index is 4.47. The van der Waals surface area contributed by atoms with Gasteiger partial charge in [0.1, 0.15) is 0 Å². The molecule has 1 aliphatic rings. The molecule has 0 aromatic carbocycles. The average molecular weight is 221 g/mol.